The van der Waals surface area contributed by atoms with Crippen molar-refractivity contribution in [2.24, 2.45) is 0 Å². The standard InChI is InChI=1S/C75H46F3N9/c1-46-40-55(75(76,77)78)34-35-56(46)52-31-37-68(87-64-29-17-15-27-58(64)61-44-54(33-39-67(61)87)74-84-71(50-22-10-4-11-23-50)81-72(85-74)51-24-12-5-13-25-51)62(42-52)59-41-47(45-79)30-36-65(59)86-63-28-16-14-26-57(63)60-43-53(32-38-66(60)86)73-82-69(48-18-6-2-7-19-48)80-70(83-73)49-20-8-3-9-21-49/h2-44H,1H3. The fourth-order valence-electron chi connectivity index (χ4n) is 11.9. The predicted molar refractivity (Wildman–Crippen MR) is 340 cm³/mol. The number of nitrogens with zero attached hydrogens (tertiary/aromatic N) is 9. The van der Waals surface area contributed by atoms with E-state index in [2.05, 4.69) is 63.7 Å². The van der Waals surface area contributed by atoms with Crippen molar-refractivity contribution in [3.05, 3.63) is 278 Å². The van der Waals surface area contributed by atoms with Gasteiger partial charge in [-0.25, -0.2) is 29.9 Å². The number of alkyl halides is 3. The Morgan fingerprint density at radius 3 is 1.10 bits per heavy atom. The van der Waals surface area contributed by atoms with Crippen LogP contribution < -0.4 is 0 Å². The quantitative estimate of drug-likeness (QED) is 0.134. The van der Waals surface area contributed by atoms with E-state index in [-0.39, 0.29) is 0 Å². The largest absolute Gasteiger partial charge is 0.416 e. The predicted octanol–water partition coefficient (Wildman–Crippen LogP) is 18.8. The Kier molecular flexibility index (Phi) is 12.7. The van der Waals surface area contributed by atoms with E-state index in [1.165, 1.54) is 6.07 Å². The van der Waals surface area contributed by atoms with Crippen LogP contribution in [0.5, 0.6) is 0 Å². The van der Waals surface area contributed by atoms with E-state index in [0.29, 0.717) is 62.8 Å². The Morgan fingerprint density at radius 2 is 0.690 bits per heavy atom. The SMILES string of the molecule is Cc1cc(C(F)(F)F)ccc1-c1ccc(-n2c3ccccc3c3cc(-c4nc(-c5ccccc5)nc(-c5ccccc5)n4)ccc32)c(-c2cc(C#N)ccc2-n2c3ccccc3c3cc(-c4nc(-c5ccccc5)nc(-c5ccccc5)n4)ccc32)c1. The highest BCUT2D eigenvalue weighted by atomic mass is 19.4. The number of aryl methyl sites for hydroxylation is 1. The summed E-state index contributed by atoms with van der Waals surface area (Å²) >= 11 is 0. The summed E-state index contributed by atoms with van der Waals surface area (Å²) in [4.78, 5) is 30.2. The summed E-state index contributed by atoms with van der Waals surface area (Å²) < 4.78 is 47.2. The summed E-state index contributed by atoms with van der Waals surface area (Å²) in [5.41, 5.74) is 13.1. The van der Waals surface area contributed by atoms with Gasteiger partial charge in [0.2, 0.25) is 0 Å². The van der Waals surface area contributed by atoms with E-state index in [1.807, 2.05) is 194 Å². The first-order valence-electron chi connectivity index (χ1n) is 28.3. The Hall–Kier alpha value is -11.7. The van der Waals surface area contributed by atoms with E-state index in [9.17, 15) is 18.4 Å². The minimum absolute atomic E-state index is 0.422. The summed E-state index contributed by atoms with van der Waals surface area (Å²) in [6.07, 6.45) is -4.52. The van der Waals surface area contributed by atoms with Crippen molar-refractivity contribution >= 4 is 43.6 Å². The summed E-state index contributed by atoms with van der Waals surface area (Å²) in [7, 11) is 0. The molecule has 15 rings (SSSR count). The van der Waals surface area contributed by atoms with Gasteiger partial charge < -0.3 is 9.13 Å². The third-order valence-corrected chi connectivity index (χ3v) is 16.0. The van der Waals surface area contributed by atoms with Gasteiger partial charge in [0.15, 0.2) is 34.9 Å². The lowest BCUT2D eigenvalue weighted by Gasteiger charge is -2.20. The molecule has 11 aromatic carbocycles. The molecule has 4 aromatic heterocycles. The van der Waals surface area contributed by atoms with E-state index in [4.69, 9.17) is 29.9 Å². The number of benzene rings is 11. The minimum atomic E-state index is -4.52. The molecule has 0 saturated heterocycles. The van der Waals surface area contributed by atoms with Gasteiger partial charge in [-0.05, 0) is 115 Å². The van der Waals surface area contributed by atoms with Crippen LogP contribution in [0, 0.1) is 18.3 Å². The lowest BCUT2D eigenvalue weighted by Crippen LogP contribution is -2.05. The van der Waals surface area contributed by atoms with Crippen molar-refractivity contribution in [1.82, 2.24) is 39.0 Å². The first kappa shape index (κ1) is 52.1. The molecule has 0 aliphatic carbocycles. The molecule has 0 saturated carbocycles. The van der Waals surface area contributed by atoms with Crippen molar-refractivity contribution in [1.29, 1.82) is 5.26 Å². The Balaban J connectivity index is 0.952. The van der Waals surface area contributed by atoms with Crippen LogP contribution >= 0.6 is 0 Å². The number of aromatic nitrogens is 8. The van der Waals surface area contributed by atoms with Gasteiger partial charge in [0.1, 0.15) is 0 Å². The van der Waals surface area contributed by atoms with Crippen LogP contribution in [-0.2, 0) is 6.18 Å². The molecule has 0 aliphatic rings. The fraction of sp³-hybridized carbons (Fsp3) is 0.0267. The average molecular weight is 1130 g/mol. The van der Waals surface area contributed by atoms with Crippen LogP contribution in [0.1, 0.15) is 16.7 Å². The van der Waals surface area contributed by atoms with Gasteiger partial charge in [0, 0.05) is 66.1 Å². The third kappa shape index (κ3) is 9.40. The maximum absolute atomic E-state index is 14.2. The molecule has 0 aliphatic heterocycles. The molecule has 412 valence electrons. The zero-order valence-electron chi connectivity index (χ0n) is 46.5. The lowest BCUT2D eigenvalue weighted by atomic mass is 9.92. The van der Waals surface area contributed by atoms with E-state index in [0.717, 1.165) is 100.0 Å². The monoisotopic (exact) mass is 1130 g/mol. The second-order valence-corrected chi connectivity index (χ2v) is 21.3. The van der Waals surface area contributed by atoms with Gasteiger partial charge in [-0.15, -0.1) is 0 Å². The Morgan fingerprint density at radius 1 is 0.322 bits per heavy atom. The van der Waals surface area contributed by atoms with E-state index < -0.39 is 11.7 Å². The number of halogens is 3. The highest BCUT2D eigenvalue weighted by Gasteiger charge is 2.31. The summed E-state index contributed by atoms with van der Waals surface area (Å²) in [5.74, 6) is 3.22. The first-order chi connectivity index (χ1) is 42.6. The molecule has 15 aromatic rings. The number of para-hydroxylation sites is 2. The van der Waals surface area contributed by atoms with Gasteiger partial charge in [-0.2, -0.15) is 18.4 Å². The molecule has 0 radical (unpaired) electrons. The van der Waals surface area contributed by atoms with Gasteiger partial charge >= 0.3 is 6.18 Å². The van der Waals surface area contributed by atoms with Crippen molar-refractivity contribution in [2.45, 2.75) is 13.1 Å². The molecular weight excluding hydrogens is 1080 g/mol. The average Bonchev–Trinajstić information content (AvgIpc) is 1.69. The molecule has 0 amide bonds. The molecule has 0 fully saturated rings. The van der Waals surface area contributed by atoms with Crippen molar-refractivity contribution in [2.75, 3.05) is 0 Å². The maximum Gasteiger partial charge on any atom is 0.416 e. The van der Waals surface area contributed by atoms with Gasteiger partial charge in [-0.1, -0.05) is 170 Å². The van der Waals surface area contributed by atoms with Crippen LogP contribution in [0.15, 0.2) is 261 Å². The Bertz CT molecular complexity index is 5110. The maximum atomic E-state index is 14.2. The van der Waals surface area contributed by atoms with E-state index in [1.54, 1.807) is 13.0 Å². The lowest BCUT2D eigenvalue weighted by molar-refractivity contribution is -0.137. The smallest absolute Gasteiger partial charge is 0.309 e. The zero-order valence-corrected chi connectivity index (χ0v) is 46.5. The van der Waals surface area contributed by atoms with Gasteiger partial charge in [0.05, 0.1) is 50.6 Å². The molecule has 0 bridgehead atoms. The molecular formula is C75H46F3N9. The second kappa shape index (κ2) is 21.2. The number of hydrogen-bond donors (Lipinski definition) is 0. The first-order valence-corrected chi connectivity index (χ1v) is 28.3. The molecule has 0 N–H and O–H groups in total. The zero-order chi connectivity index (χ0) is 58.8. The fourth-order valence-corrected chi connectivity index (χ4v) is 11.9. The number of hydrogen-bond acceptors (Lipinski definition) is 7. The molecule has 12 heteroatoms. The molecule has 0 atom stereocenters. The second-order valence-electron chi connectivity index (χ2n) is 21.3. The third-order valence-electron chi connectivity index (χ3n) is 16.0. The van der Waals surface area contributed by atoms with Crippen LogP contribution in [0.3, 0.4) is 0 Å². The highest BCUT2D eigenvalue weighted by Crippen LogP contribution is 2.45. The van der Waals surface area contributed by atoms with Crippen molar-refractivity contribution in [3.63, 3.8) is 0 Å². The Labute approximate surface area is 497 Å². The molecule has 0 unspecified atom stereocenters. The van der Waals surface area contributed by atoms with Crippen LogP contribution in [0.2, 0.25) is 0 Å². The van der Waals surface area contributed by atoms with Gasteiger partial charge in [0.25, 0.3) is 0 Å². The van der Waals surface area contributed by atoms with Crippen LogP contribution in [-0.4, -0.2) is 39.0 Å². The minimum Gasteiger partial charge on any atom is -0.309 e. The van der Waals surface area contributed by atoms with Crippen LogP contribution in [0.4, 0.5) is 13.2 Å². The number of fused-ring (bicyclic) bond motifs is 6. The van der Waals surface area contributed by atoms with Crippen molar-refractivity contribution in [3.8, 4) is 108 Å². The highest BCUT2D eigenvalue weighted by molar-refractivity contribution is 6.13. The van der Waals surface area contributed by atoms with Gasteiger partial charge in [-0.3, -0.25) is 0 Å². The summed E-state index contributed by atoms with van der Waals surface area (Å²) in [6, 6.07) is 86.5. The van der Waals surface area contributed by atoms with Crippen molar-refractivity contribution < 1.29 is 13.2 Å². The normalized spacial score (nSPS) is 11.7. The molecule has 0 spiro atoms. The van der Waals surface area contributed by atoms with Crippen LogP contribution in [0.25, 0.3) is 146 Å². The molecule has 87 heavy (non-hydrogen) atoms. The van der Waals surface area contributed by atoms with E-state index >= 15 is 0 Å². The summed E-state index contributed by atoms with van der Waals surface area (Å²) in [5, 5.41) is 14.6. The topological polar surface area (TPSA) is 111 Å². The number of rotatable bonds is 10. The summed E-state index contributed by atoms with van der Waals surface area (Å²) in [6.45, 7) is 1.71. The molecule has 9 nitrogen and oxygen atoms in total. The molecule has 4 heterocycles. The number of nitriles is 1.